The van der Waals surface area contributed by atoms with Crippen molar-refractivity contribution in [2.75, 3.05) is 5.32 Å². The third kappa shape index (κ3) is 5.93. The van der Waals surface area contributed by atoms with Crippen LogP contribution < -0.4 is 10.1 Å². The second kappa shape index (κ2) is 9.89. The standard InChI is InChI=1S/C24H19IN2O2/c1-17-4-2-3-5-23(17)27-24(28)20(15-26)14-18-8-12-22(13-9-18)29-16-19-6-10-21(25)11-7-19/h2-14H,16H2,1H3,(H,27,28)/b20-14-. The molecule has 0 atom stereocenters. The number of aryl methyl sites for hydroxylation is 1. The van der Waals surface area contributed by atoms with Crippen molar-refractivity contribution in [2.24, 2.45) is 0 Å². The Balaban J connectivity index is 1.65. The van der Waals surface area contributed by atoms with Crippen molar-refractivity contribution in [3.8, 4) is 11.8 Å². The Kier molecular flexibility index (Phi) is 7.04. The summed E-state index contributed by atoms with van der Waals surface area (Å²) >= 11 is 2.27. The minimum atomic E-state index is -0.430. The number of carbonyl (C=O) groups excluding carboxylic acids is 1. The highest BCUT2D eigenvalue weighted by atomic mass is 127. The molecule has 0 aliphatic rings. The number of hydrogen-bond acceptors (Lipinski definition) is 3. The van der Waals surface area contributed by atoms with Gasteiger partial charge in [0.15, 0.2) is 0 Å². The van der Waals surface area contributed by atoms with Gasteiger partial charge in [0.2, 0.25) is 0 Å². The lowest BCUT2D eigenvalue weighted by Gasteiger charge is -2.08. The Morgan fingerprint density at radius 2 is 1.76 bits per heavy atom. The fourth-order valence-electron chi connectivity index (χ4n) is 2.63. The number of halogens is 1. The van der Waals surface area contributed by atoms with E-state index >= 15 is 0 Å². The number of benzene rings is 3. The molecule has 29 heavy (non-hydrogen) atoms. The Hall–Kier alpha value is -3.11. The monoisotopic (exact) mass is 494 g/mol. The van der Waals surface area contributed by atoms with Crippen LogP contribution in [-0.2, 0) is 11.4 Å². The average Bonchev–Trinajstić information content (AvgIpc) is 2.74. The van der Waals surface area contributed by atoms with Crippen molar-refractivity contribution >= 4 is 40.3 Å². The molecule has 3 rings (SSSR count). The zero-order valence-corrected chi connectivity index (χ0v) is 18.0. The van der Waals surface area contributed by atoms with Crippen LogP contribution in [0.25, 0.3) is 6.08 Å². The zero-order valence-electron chi connectivity index (χ0n) is 15.9. The van der Waals surface area contributed by atoms with E-state index in [1.165, 1.54) is 3.57 Å². The first-order chi connectivity index (χ1) is 14.0. The van der Waals surface area contributed by atoms with Gasteiger partial charge in [0, 0.05) is 9.26 Å². The van der Waals surface area contributed by atoms with Crippen LogP contribution in [-0.4, -0.2) is 5.91 Å². The lowest BCUT2D eigenvalue weighted by atomic mass is 10.1. The highest BCUT2D eigenvalue weighted by Crippen LogP contribution is 2.18. The molecular weight excluding hydrogens is 475 g/mol. The quantitative estimate of drug-likeness (QED) is 0.271. The van der Waals surface area contributed by atoms with Crippen LogP contribution >= 0.6 is 22.6 Å². The number of nitriles is 1. The summed E-state index contributed by atoms with van der Waals surface area (Å²) in [7, 11) is 0. The number of ether oxygens (including phenoxy) is 1. The van der Waals surface area contributed by atoms with E-state index in [0.717, 1.165) is 22.4 Å². The van der Waals surface area contributed by atoms with Crippen molar-refractivity contribution in [1.82, 2.24) is 0 Å². The topological polar surface area (TPSA) is 62.1 Å². The second-order valence-electron chi connectivity index (χ2n) is 6.42. The number of nitrogens with zero attached hydrogens (tertiary/aromatic N) is 1. The molecule has 0 aromatic heterocycles. The SMILES string of the molecule is Cc1ccccc1NC(=O)/C(C#N)=C\c1ccc(OCc2ccc(I)cc2)cc1. The van der Waals surface area contributed by atoms with Gasteiger partial charge in [0.25, 0.3) is 5.91 Å². The van der Waals surface area contributed by atoms with Gasteiger partial charge in [-0.05, 0) is 82.6 Å². The van der Waals surface area contributed by atoms with Gasteiger partial charge >= 0.3 is 0 Å². The predicted octanol–water partition coefficient (Wildman–Crippen LogP) is 5.72. The Morgan fingerprint density at radius 1 is 1.07 bits per heavy atom. The first-order valence-corrected chi connectivity index (χ1v) is 10.1. The van der Waals surface area contributed by atoms with Crippen molar-refractivity contribution < 1.29 is 9.53 Å². The first kappa shape index (κ1) is 20.6. The molecule has 0 heterocycles. The van der Waals surface area contributed by atoms with Crippen LogP contribution in [0.1, 0.15) is 16.7 Å². The third-order valence-corrected chi connectivity index (χ3v) is 4.99. The summed E-state index contributed by atoms with van der Waals surface area (Å²) in [6.45, 7) is 2.38. The summed E-state index contributed by atoms with van der Waals surface area (Å²) in [5, 5.41) is 12.2. The molecule has 4 nitrogen and oxygen atoms in total. The molecule has 0 radical (unpaired) electrons. The summed E-state index contributed by atoms with van der Waals surface area (Å²) < 4.78 is 6.97. The highest BCUT2D eigenvalue weighted by molar-refractivity contribution is 14.1. The van der Waals surface area contributed by atoms with Crippen molar-refractivity contribution in [1.29, 1.82) is 5.26 Å². The van der Waals surface area contributed by atoms with Gasteiger partial charge in [0.05, 0.1) is 0 Å². The Labute approximate surface area is 184 Å². The molecule has 0 bridgehead atoms. The minimum absolute atomic E-state index is 0.0424. The number of anilines is 1. The smallest absolute Gasteiger partial charge is 0.266 e. The summed E-state index contributed by atoms with van der Waals surface area (Å²) in [4.78, 5) is 12.4. The number of amides is 1. The van der Waals surface area contributed by atoms with Crippen molar-refractivity contribution in [3.63, 3.8) is 0 Å². The number of nitrogens with one attached hydrogen (secondary N) is 1. The van der Waals surface area contributed by atoms with E-state index in [-0.39, 0.29) is 5.57 Å². The van der Waals surface area contributed by atoms with Crippen LogP contribution in [0.3, 0.4) is 0 Å². The third-order valence-electron chi connectivity index (χ3n) is 4.27. The molecule has 0 saturated carbocycles. The van der Waals surface area contributed by atoms with E-state index < -0.39 is 5.91 Å². The molecule has 5 heteroatoms. The summed E-state index contributed by atoms with van der Waals surface area (Å²) in [6.07, 6.45) is 1.57. The van der Waals surface area contributed by atoms with Gasteiger partial charge in [-0.2, -0.15) is 5.26 Å². The maximum Gasteiger partial charge on any atom is 0.266 e. The van der Waals surface area contributed by atoms with Crippen molar-refractivity contribution in [3.05, 3.63) is 98.6 Å². The van der Waals surface area contributed by atoms with Gasteiger partial charge in [-0.1, -0.05) is 42.5 Å². The zero-order chi connectivity index (χ0) is 20.6. The molecule has 0 aliphatic heterocycles. The van der Waals surface area contributed by atoms with Gasteiger partial charge < -0.3 is 10.1 Å². The fourth-order valence-corrected chi connectivity index (χ4v) is 2.99. The molecule has 0 saturated heterocycles. The van der Waals surface area contributed by atoms with Crippen LogP contribution in [0.2, 0.25) is 0 Å². The Morgan fingerprint density at radius 3 is 2.41 bits per heavy atom. The maximum atomic E-state index is 12.4. The molecule has 144 valence electrons. The predicted molar refractivity (Wildman–Crippen MR) is 123 cm³/mol. The molecule has 0 aliphatic carbocycles. The van der Waals surface area contributed by atoms with Gasteiger partial charge in [0.1, 0.15) is 24.0 Å². The van der Waals surface area contributed by atoms with Crippen molar-refractivity contribution in [2.45, 2.75) is 13.5 Å². The summed E-state index contributed by atoms with van der Waals surface area (Å²) in [6, 6.07) is 24.9. The van der Waals surface area contributed by atoms with E-state index in [1.807, 2.05) is 85.8 Å². The fraction of sp³-hybridized carbons (Fsp3) is 0.0833. The van der Waals surface area contributed by atoms with E-state index in [1.54, 1.807) is 6.08 Å². The Bertz CT molecular complexity index is 1070. The van der Waals surface area contributed by atoms with Gasteiger partial charge in [-0.3, -0.25) is 4.79 Å². The van der Waals surface area contributed by atoms with Crippen LogP contribution in [0.4, 0.5) is 5.69 Å². The van der Waals surface area contributed by atoms with Crippen LogP contribution in [0.15, 0.2) is 78.4 Å². The molecule has 3 aromatic rings. The first-order valence-electron chi connectivity index (χ1n) is 9.01. The minimum Gasteiger partial charge on any atom is -0.489 e. The maximum absolute atomic E-state index is 12.4. The van der Waals surface area contributed by atoms with E-state index in [4.69, 9.17) is 4.74 Å². The largest absolute Gasteiger partial charge is 0.489 e. The molecule has 0 fully saturated rings. The normalized spacial score (nSPS) is 10.9. The number of carbonyl (C=O) groups is 1. The molecule has 3 aromatic carbocycles. The van der Waals surface area contributed by atoms with Crippen LogP contribution in [0.5, 0.6) is 5.75 Å². The van der Waals surface area contributed by atoms with E-state index in [9.17, 15) is 10.1 Å². The lowest BCUT2D eigenvalue weighted by molar-refractivity contribution is -0.112. The molecule has 0 unspecified atom stereocenters. The van der Waals surface area contributed by atoms with Gasteiger partial charge in [-0.15, -0.1) is 0 Å². The molecular formula is C24H19IN2O2. The van der Waals surface area contributed by atoms with E-state index in [0.29, 0.717) is 12.3 Å². The molecule has 1 amide bonds. The number of rotatable bonds is 6. The summed E-state index contributed by atoms with van der Waals surface area (Å²) in [5.74, 6) is 0.296. The lowest BCUT2D eigenvalue weighted by Crippen LogP contribution is -2.14. The summed E-state index contributed by atoms with van der Waals surface area (Å²) in [5.41, 5.74) is 3.52. The average molecular weight is 494 g/mol. The molecule has 1 N–H and O–H groups in total. The number of para-hydroxylation sites is 1. The molecule has 0 spiro atoms. The number of hydrogen-bond donors (Lipinski definition) is 1. The van der Waals surface area contributed by atoms with Gasteiger partial charge in [-0.25, -0.2) is 0 Å². The second-order valence-corrected chi connectivity index (χ2v) is 7.67. The van der Waals surface area contributed by atoms with E-state index in [2.05, 4.69) is 27.9 Å². The van der Waals surface area contributed by atoms with Crippen LogP contribution in [0, 0.1) is 21.8 Å². The highest BCUT2D eigenvalue weighted by Gasteiger charge is 2.10.